The minimum absolute atomic E-state index is 0.00343. The molecule has 4 aliphatic rings. The summed E-state index contributed by atoms with van der Waals surface area (Å²) in [6, 6.07) is 6.87. The molecule has 1 unspecified atom stereocenters. The zero-order valence-electron chi connectivity index (χ0n) is 29.5. The maximum absolute atomic E-state index is 17.1. The first kappa shape index (κ1) is 34.4. The van der Waals surface area contributed by atoms with Crippen molar-refractivity contribution in [3.8, 4) is 23.0 Å². The summed E-state index contributed by atoms with van der Waals surface area (Å²) in [5.41, 5.74) is -0.595. The van der Waals surface area contributed by atoms with E-state index in [0.29, 0.717) is 65.8 Å². The van der Waals surface area contributed by atoms with E-state index in [4.69, 9.17) is 24.2 Å². The van der Waals surface area contributed by atoms with Gasteiger partial charge in [0.15, 0.2) is 5.82 Å². The van der Waals surface area contributed by atoms with Crippen molar-refractivity contribution in [2.75, 3.05) is 57.6 Å². The van der Waals surface area contributed by atoms with Gasteiger partial charge < -0.3 is 29.3 Å². The van der Waals surface area contributed by atoms with Gasteiger partial charge in [-0.1, -0.05) is 19.4 Å². The lowest BCUT2D eigenvalue weighted by molar-refractivity contribution is -0.0511. The molecule has 5 heterocycles. The number of piperidine rings is 1. The van der Waals surface area contributed by atoms with Crippen LogP contribution in [0.3, 0.4) is 0 Å². The number of fused-ring (bicyclic) bond motifs is 3. The van der Waals surface area contributed by atoms with Gasteiger partial charge in [0, 0.05) is 49.0 Å². The molecule has 3 saturated heterocycles. The Labute approximate surface area is 296 Å². The molecule has 272 valence electrons. The summed E-state index contributed by atoms with van der Waals surface area (Å²) in [6.07, 6.45) is 9.41. The number of rotatable bonds is 7. The maximum atomic E-state index is 17.1. The van der Waals surface area contributed by atoms with Crippen LogP contribution >= 0.6 is 0 Å². The van der Waals surface area contributed by atoms with E-state index in [1.165, 1.54) is 18.3 Å². The van der Waals surface area contributed by atoms with Crippen molar-refractivity contribution in [3.05, 3.63) is 47.7 Å². The third kappa shape index (κ3) is 6.38. The van der Waals surface area contributed by atoms with Gasteiger partial charge in [-0.15, -0.1) is 0 Å². The number of benzene rings is 2. The largest absolute Gasteiger partial charge is 0.508 e. The molecule has 3 atom stereocenters. The molecule has 4 fully saturated rings. The fraction of sp³-hybridized carbons (Fsp3) is 0.564. The van der Waals surface area contributed by atoms with Crippen LogP contribution in [-0.2, 0) is 15.9 Å². The number of likely N-dealkylation sites (tertiary alicyclic amines) is 1. The van der Waals surface area contributed by atoms with Crippen molar-refractivity contribution in [1.82, 2.24) is 19.9 Å². The number of pyridine rings is 1. The Bertz CT molecular complexity index is 1940. The van der Waals surface area contributed by atoms with E-state index in [1.54, 1.807) is 19.1 Å². The second-order valence-electron chi connectivity index (χ2n) is 15.2. The minimum Gasteiger partial charge on any atom is -0.508 e. The molecule has 1 saturated carbocycles. The van der Waals surface area contributed by atoms with Gasteiger partial charge in [-0.2, -0.15) is 9.97 Å². The third-order valence-electron chi connectivity index (χ3n) is 11.7. The van der Waals surface area contributed by atoms with Gasteiger partial charge in [0.2, 0.25) is 0 Å². The molecule has 51 heavy (non-hydrogen) atoms. The van der Waals surface area contributed by atoms with Gasteiger partial charge >= 0.3 is 6.01 Å². The van der Waals surface area contributed by atoms with Crippen molar-refractivity contribution in [2.45, 2.75) is 82.9 Å². The molecule has 12 heteroatoms. The van der Waals surface area contributed by atoms with Gasteiger partial charge in [-0.3, -0.25) is 9.88 Å². The second-order valence-corrected chi connectivity index (χ2v) is 15.2. The Kier molecular flexibility index (Phi) is 9.23. The van der Waals surface area contributed by atoms with E-state index in [9.17, 15) is 10.2 Å². The number of aryl methyl sites for hydroxylation is 1. The number of hydrogen-bond donors (Lipinski definition) is 2. The Hall–Kier alpha value is -3.71. The van der Waals surface area contributed by atoms with E-state index in [0.717, 1.165) is 64.7 Å². The normalized spacial score (nSPS) is 26.5. The van der Waals surface area contributed by atoms with Crippen LogP contribution in [0.2, 0.25) is 0 Å². The molecule has 3 aliphatic heterocycles. The standard InChI is InChI=1S/C39H47F2N5O5/c1-3-27-30(40)8-7-24-18-26(47)19-28(32(24)27)34-33(41)35-29(20-42-34)36(45-14-17-50-22-38(2,48)21-45)44-37(43-35)51-23-39-11-4-6-31(39)46(13-5-12-39)25-9-15-49-16-10-25/h7-8,18-20,25,31,47-48H,3-6,9-17,21-23H2,1-2H3/t31?,38-,39+/m0/s1. The lowest BCUT2D eigenvalue weighted by Gasteiger charge is -2.50. The summed E-state index contributed by atoms with van der Waals surface area (Å²) >= 11 is 0. The first-order valence-electron chi connectivity index (χ1n) is 18.5. The van der Waals surface area contributed by atoms with Gasteiger partial charge in [-0.05, 0) is 92.9 Å². The predicted molar refractivity (Wildman–Crippen MR) is 190 cm³/mol. The molecule has 10 nitrogen and oxygen atoms in total. The molecule has 8 rings (SSSR count). The van der Waals surface area contributed by atoms with Gasteiger partial charge in [-0.25, -0.2) is 8.78 Å². The number of aromatic hydroxyl groups is 1. The zero-order valence-corrected chi connectivity index (χ0v) is 29.5. The number of nitrogens with zero attached hydrogens (tertiary/aromatic N) is 5. The molecule has 2 aromatic carbocycles. The van der Waals surface area contributed by atoms with Gasteiger partial charge in [0.1, 0.15) is 34.2 Å². The van der Waals surface area contributed by atoms with Gasteiger partial charge in [0.25, 0.3) is 0 Å². The Balaban J connectivity index is 1.22. The summed E-state index contributed by atoms with van der Waals surface area (Å²) in [6.45, 7) is 7.75. The average molecular weight is 704 g/mol. The van der Waals surface area contributed by atoms with Crippen LogP contribution in [0, 0.1) is 17.0 Å². The molecule has 0 radical (unpaired) electrons. The number of aliphatic hydroxyl groups is 1. The van der Waals surface area contributed by atoms with Gasteiger partial charge in [0.05, 0.1) is 31.8 Å². The van der Waals surface area contributed by atoms with Crippen molar-refractivity contribution in [2.24, 2.45) is 5.41 Å². The minimum atomic E-state index is -1.17. The SMILES string of the molecule is CCc1c(F)ccc2cc(O)cc(-c3ncc4c(N5CCOC[C@@](C)(O)C5)nc(OC[C@]56CCCC5N(C5CCOCC5)CCC6)nc4c3F)c12. The highest BCUT2D eigenvalue weighted by atomic mass is 19.1. The number of ether oxygens (including phenoxy) is 3. The van der Waals surface area contributed by atoms with Crippen LogP contribution in [0.25, 0.3) is 32.9 Å². The topological polar surface area (TPSA) is 113 Å². The predicted octanol–water partition coefficient (Wildman–Crippen LogP) is 6.17. The average Bonchev–Trinajstić information content (AvgIpc) is 3.48. The molecule has 0 amide bonds. The van der Waals surface area contributed by atoms with Crippen molar-refractivity contribution in [3.63, 3.8) is 0 Å². The molecule has 2 aromatic heterocycles. The third-order valence-corrected chi connectivity index (χ3v) is 11.7. The van der Waals surface area contributed by atoms with E-state index in [1.807, 2.05) is 11.8 Å². The van der Waals surface area contributed by atoms with Crippen LogP contribution in [0.5, 0.6) is 11.8 Å². The summed E-state index contributed by atoms with van der Waals surface area (Å²) in [5, 5.41) is 23.2. The number of aromatic nitrogens is 3. The highest BCUT2D eigenvalue weighted by molar-refractivity contribution is 6.01. The highest BCUT2D eigenvalue weighted by Gasteiger charge is 2.50. The van der Waals surface area contributed by atoms with Crippen LogP contribution in [0.1, 0.15) is 64.4 Å². The number of β-amino-alcohol motifs (C(OH)–C–C–N with tert-alkyl or cyclic N) is 1. The molecular weight excluding hydrogens is 656 g/mol. The molecule has 1 aliphatic carbocycles. The summed E-state index contributed by atoms with van der Waals surface area (Å²) < 4.78 is 50.1. The number of phenolic OH excluding ortho intramolecular Hbond substituents is 1. The van der Waals surface area contributed by atoms with Crippen LogP contribution in [0.15, 0.2) is 30.5 Å². The van der Waals surface area contributed by atoms with Crippen LogP contribution < -0.4 is 9.64 Å². The van der Waals surface area contributed by atoms with Crippen LogP contribution in [-0.4, -0.2) is 100 Å². The van der Waals surface area contributed by atoms with Crippen molar-refractivity contribution < 1.29 is 33.2 Å². The maximum Gasteiger partial charge on any atom is 0.319 e. The smallest absolute Gasteiger partial charge is 0.319 e. The molecule has 4 aromatic rings. The fourth-order valence-electron chi connectivity index (χ4n) is 9.33. The van der Waals surface area contributed by atoms with E-state index in [2.05, 4.69) is 9.88 Å². The lowest BCUT2D eigenvalue weighted by atomic mass is 9.74. The van der Waals surface area contributed by atoms with Crippen molar-refractivity contribution in [1.29, 1.82) is 0 Å². The Morgan fingerprint density at radius 2 is 1.84 bits per heavy atom. The first-order valence-corrected chi connectivity index (χ1v) is 18.5. The molecule has 0 bridgehead atoms. The first-order chi connectivity index (χ1) is 24.7. The summed E-state index contributed by atoms with van der Waals surface area (Å²) in [4.78, 5) is 18.7. The Morgan fingerprint density at radius 3 is 2.67 bits per heavy atom. The van der Waals surface area contributed by atoms with E-state index < -0.39 is 17.2 Å². The molecule has 0 spiro atoms. The van der Waals surface area contributed by atoms with E-state index in [-0.39, 0.29) is 47.1 Å². The fourth-order valence-corrected chi connectivity index (χ4v) is 9.33. The van der Waals surface area contributed by atoms with Crippen LogP contribution in [0.4, 0.5) is 14.6 Å². The van der Waals surface area contributed by atoms with E-state index >= 15 is 8.78 Å². The quantitative estimate of drug-likeness (QED) is 0.232. The number of anilines is 1. The zero-order chi connectivity index (χ0) is 35.3. The second kappa shape index (κ2) is 13.7. The Morgan fingerprint density at radius 1 is 1.02 bits per heavy atom. The number of hydrogen-bond acceptors (Lipinski definition) is 10. The monoisotopic (exact) mass is 703 g/mol. The summed E-state index contributed by atoms with van der Waals surface area (Å²) in [5.74, 6) is -0.819. The molecule has 2 N–H and O–H groups in total. The number of phenols is 1. The summed E-state index contributed by atoms with van der Waals surface area (Å²) in [7, 11) is 0. The number of halogens is 2. The lowest BCUT2D eigenvalue weighted by Crippen LogP contribution is -2.56. The highest BCUT2D eigenvalue weighted by Crippen LogP contribution is 2.49. The van der Waals surface area contributed by atoms with Crippen molar-refractivity contribution >= 4 is 27.5 Å². The molecular formula is C39H47F2N5O5.